The zero-order valence-corrected chi connectivity index (χ0v) is 11.5. The number of thiol groups is 1. The van der Waals surface area contributed by atoms with E-state index in [0.717, 1.165) is 0 Å². The van der Waals surface area contributed by atoms with Gasteiger partial charge in [0, 0.05) is 12.1 Å². The van der Waals surface area contributed by atoms with Crippen LogP contribution in [0, 0.1) is 32.8 Å². The Labute approximate surface area is 125 Å². The maximum absolute atomic E-state index is 10.7. The highest BCUT2D eigenvalue weighted by Gasteiger charge is 2.30. The number of nitriles is 2. The molecule has 0 saturated heterocycles. The Kier molecular flexibility index (Phi) is 3.83. The maximum atomic E-state index is 10.7. The van der Waals surface area contributed by atoms with Gasteiger partial charge >= 0.3 is 0 Å². The topological polar surface area (TPSA) is 129 Å². The van der Waals surface area contributed by atoms with Crippen molar-refractivity contribution in [3.8, 4) is 12.1 Å². The molecule has 104 valence electrons. The van der Waals surface area contributed by atoms with Gasteiger partial charge in [0.05, 0.1) is 39.2 Å². The predicted octanol–water partition coefficient (Wildman–Crippen LogP) is 1.64. The zero-order chi connectivity index (χ0) is 15.6. The number of dihydropyridines is 1. The summed E-state index contributed by atoms with van der Waals surface area (Å²) in [6.45, 7) is 0. The minimum absolute atomic E-state index is 0.0725. The van der Waals surface area contributed by atoms with Gasteiger partial charge in [-0.05, 0) is 5.56 Å². The van der Waals surface area contributed by atoms with Crippen molar-refractivity contribution in [1.29, 1.82) is 10.5 Å². The van der Waals surface area contributed by atoms with Crippen molar-refractivity contribution in [3.05, 3.63) is 61.9 Å². The number of nitro benzene ring substituents is 1. The molecule has 1 aliphatic rings. The summed E-state index contributed by atoms with van der Waals surface area (Å²) in [6, 6.07) is 9.58. The molecule has 1 atom stereocenters. The molecule has 0 amide bonds. The van der Waals surface area contributed by atoms with Gasteiger partial charge in [-0.15, -0.1) is 12.6 Å². The van der Waals surface area contributed by atoms with Gasteiger partial charge in [0.15, 0.2) is 0 Å². The lowest BCUT2D eigenvalue weighted by molar-refractivity contribution is -0.384. The summed E-state index contributed by atoms with van der Waals surface area (Å²) in [6.07, 6.45) is 0. The summed E-state index contributed by atoms with van der Waals surface area (Å²) in [7, 11) is 0. The highest BCUT2D eigenvalue weighted by atomic mass is 32.1. The fourth-order valence-electron chi connectivity index (χ4n) is 2.06. The van der Waals surface area contributed by atoms with E-state index in [2.05, 4.69) is 17.9 Å². The molecule has 0 aromatic heterocycles. The number of allylic oxidation sites excluding steroid dienone is 2. The van der Waals surface area contributed by atoms with Gasteiger partial charge in [-0.1, -0.05) is 12.1 Å². The first-order chi connectivity index (χ1) is 9.99. The van der Waals surface area contributed by atoms with Gasteiger partial charge in [-0.25, -0.2) is 0 Å². The summed E-state index contributed by atoms with van der Waals surface area (Å²) in [5.41, 5.74) is 6.65. The quantitative estimate of drug-likeness (QED) is 0.432. The standard InChI is InChI=1S/C13H9N5O2S/c14-5-9-11(10(6-15)13(21)17-12(9)16)7-1-3-8(4-2-7)18(19)20/h1-4,11,17,21H,16H2. The van der Waals surface area contributed by atoms with Crippen LogP contribution in [0.1, 0.15) is 11.5 Å². The summed E-state index contributed by atoms with van der Waals surface area (Å²) >= 11 is 4.15. The fourth-order valence-corrected chi connectivity index (χ4v) is 2.36. The molecule has 0 spiro atoms. The first-order valence-corrected chi connectivity index (χ1v) is 6.18. The fraction of sp³-hybridized carbons (Fsp3) is 0.0769. The Bertz CT molecular complexity index is 716. The van der Waals surface area contributed by atoms with E-state index in [-0.39, 0.29) is 27.7 Å². The molecule has 1 heterocycles. The van der Waals surface area contributed by atoms with Gasteiger partial charge < -0.3 is 11.1 Å². The molecule has 1 aliphatic heterocycles. The molecule has 0 saturated carbocycles. The van der Waals surface area contributed by atoms with E-state index < -0.39 is 10.8 Å². The third kappa shape index (κ3) is 2.53. The Morgan fingerprint density at radius 3 is 2.29 bits per heavy atom. The minimum atomic E-state index is -0.686. The average molecular weight is 299 g/mol. The van der Waals surface area contributed by atoms with Crippen LogP contribution < -0.4 is 11.1 Å². The summed E-state index contributed by atoms with van der Waals surface area (Å²) in [5.74, 6) is -0.570. The minimum Gasteiger partial charge on any atom is -0.384 e. The molecule has 0 bridgehead atoms. The third-order valence-corrected chi connectivity index (χ3v) is 3.41. The number of nitro groups is 1. The number of hydrogen-bond acceptors (Lipinski definition) is 7. The molecule has 7 nitrogen and oxygen atoms in total. The molecular formula is C13H9N5O2S. The van der Waals surface area contributed by atoms with E-state index >= 15 is 0 Å². The molecule has 0 radical (unpaired) electrons. The van der Waals surface area contributed by atoms with Crippen molar-refractivity contribution in [3.63, 3.8) is 0 Å². The number of benzene rings is 1. The van der Waals surface area contributed by atoms with Gasteiger partial charge in [0.2, 0.25) is 0 Å². The first kappa shape index (κ1) is 14.4. The maximum Gasteiger partial charge on any atom is 0.269 e. The Balaban J connectivity index is 2.57. The second-order valence-corrected chi connectivity index (χ2v) is 4.67. The van der Waals surface area contributed by atoms with E-state index in [0.29, 0.717) is 5.56 Å². The van der Waals surface area contributed by atoms with Crippen LogP contribution in [-0.4, -0.2) is 4.92 Å². The zero-order valence-electron chi connectivity index (χ0n) is 10.6. The lowest BCUT2D eigenvalue weighted by Gasteiger charge is -2.24. The molecule has 2 rings (SSSR count). The Morgan fingerprint density at radius 1 is 1.24 bits per heavy atom. The summed E-state index contributed by atoms with van der Waals surface area (Å²) in [5, 5.41) is 32.1. The average Bonchev–Trinajstić information content (AvgIpc) is 2.46. The second kappa shape index (κ2) is 5.57. The van der Waals surface area contributed by atoms with Gasteiger partial charge in [0.1, 0.15) is 5.82 Å². The van der Waals surface area contributed by atoms with E-state index in [4.69, 9.17) is 5.73 Å². The molecular weight excluding hydrogens is 290 g/mol. The molecule has 0 fully saturated rings. The normalized spacial score (nSPS) is 17.8. The largest absolute Gasteiger partial charge is 0.384 e. The van der Waals surface area contributed by atoms with Crippen molar-refractivity contribution < 1.29 is 4.92 Å². The van der Waals surface area contributed by atoms with E-state index in [1.54, 1.807) is 0 Å². The molecule has 1 aromatic rings. The van der Waals surface area contributed by atoms with Crippen LogP contribution in [0.2, 0.25) is 0 Å². The van der Waals surface area contributed by atoms with Crippen molar-refractivity contribution in [2.24, 2.45) is 5.73 Å². The van der Waals surface area contributed by atoms with E-state index in [9.17, 15) is 20.6 Å². The number of nitrogens with zero attached hydrogens (tertiary/aromatic N) is 3. The number of nitrogens with one attached hydrogen (secondary N) is 1. The van der Waals surface area contributed by atoms with Crippen LogP contribution in [0.5, 0.6) is 0 Å². The molecule has 21 heavy (non-hydrogen) atoms. The monoisotopic (exact) mass is 299 g/mol. The lowest BCUT2D eigenvalue weighted by atomic mass is 9.84. The van der Waals surface area contributed by atoms with Gasteiger partial charge in [0.25, 0.3) is 5.69 Å². The van der Waals surface area contributed by atoms with Crippen LogP contribution in [0.25, 0.3) is 0 Å². The van der Waals surface area contributed by atoms with Crippen LogP contribution in [0.3, 0.4) is 0 Å². The Morgan fingerprint density at radius 2 is 1.81 bits per heavy atom. The van der Waals surface area contributed by atoms with Gasteiger partial charge in [-0.3, -0.25) is 10.1 Å². The van der Waals surface area contributed by atoms with Crippen molar-refractivity contribution in [2.45, 2.75) is 5.92 Å². The molecule has 1 unspecified atom stereocenters. The first-order valence-electron chi connectivity index (χ1n) is 5.74. The number of non-ortho nitro benzene ring substituents is 1. The van der Waals surface area contributed by atoms with Crippen LogP contribution >= 0.6 is 12.6 Å². The SMILES string of the molecule is N#CC1=C(N)NC(S)=C(C#N)C1c1ccc([N+](=O)[O-])cc1. The highest BCUT2D eigenvalue weighted by Crippen LogP contribution is 2.37. The van der Waals surface area contributed by atoms with Crippen molar-refractivity contribution in [1.82, 2.24) is 5.32 Å². The second-order valence-electron chi connectivity index (χ2n) is 4.22. The van der Waals surface area contributed by atoms with Crippen LogP contribution in [-0.2, 0) is 0 Å². The Hall–Kier alpha value is -2.97. The number of hydrogen-bond donors (Lipinski definition) is 3. The number of nitrogens with two attached hydrogens (primary N) is 1. The van der Waals surface area contributed by atoms with Crippen LogP contribution in [0.15, 0.2) is 46.3 Å². The van der Waals surface area contributed by atoms with Crippen molar-refractivity contribution in [2.75, 3.05) is 0 Å². The predicted molar refractivity (Wildman–Crippen MR) is 77.4 cm³/mol. The van der Waals surface area contributed by atoms with Crippen LogP contribution in [0.4, 0.5) is 5.69 Å². The van der Waals surface area contributed by atoms with Gasteiger partial charge in [-0.2, -0.15) is 10.5 Å². The summed E-state index contributed by atoms with van der Waals surface area (Å²) < 4.78 is 0. The molecule has 0 aliphatic carbocycles. The molecule has 3 N–H and O–H groups in total. The van der Waals surface area contributed by atoms with E-state index in [1.807, 2.05) is 12.1 Å². The van der Waals surface area contributed by atoms with Crippen molar-refractivity contribution >= 4 is 18.3 Å². The number of rotatable bonds is 2. The lowest BCUT2D eigenvalue weighted by Crippen LogP contribution is -2.28. The smallest absolute Gasteiger partial charge is 0.269 e. The molecule has 8 heteroatoms. The van der Waals surface area contributed by atoms with E-state index in [1.165, 1.54) is 24.3 Å². The summed E-state index contributed by atoms with van der Waals surface area (Å²) in [4.78, 5) is 10.2. The molecule has 1 aromatic carbocycles. The third-order valence-electron chi connectivity index (χ3n) is 3.05. The highest BCUT2D eigenvalue weighted by molar-refractivity contribution is 7.84.